The first-order valence-corrected chi connectivity index (χ1v) is 6.44. The Morgan fingerprint density at radius 1 is 1.39 bits per heavy atom. The zero-order valence-corrected chi connectivity index (χ0v) is 11.2. The van der Waals surface area contributed by atoms with Gasteiger partial charge < -0.3 is 10.3 Å². The van der Waals surface area contributed by atoms with Crippen molar-refractivity contribution in [2.24, 2.45) is 11.7 Å². The van der Waals surface area contributed by atoms with Gasteiger partial charge >= 0.3 is 0 Å². The maximum Gasteiger partial charge on any atom is 0.151 e. The number of nitrogens with zero attached hydrogens (tertiary/aromatic N) is 2. The van der Waals surface area contributed by atoms with Crippen molar-refractivity contribution in [3.63, 3.8) is 0 Å². The van der Waals surface area contributed by atoms with Crippen molar-refractivity contribution in [1.82, 2.24) is 9.55 Å². The maximum absolute atomic E-state index is 13.8. The third-order valence-electron chi connectivity index (χ3n) is 3.47. The zero-order chi connectivity index (χ0) is 13.3. The van der Waals surface area contributed by atoms with Gasteiger partial charge in [-0.05, 0) is 25.0 Å². The number of rotatable bonds is 4. The predicted molar refractivity (Wildman–Crippen MR) is 72.0 cm³/mol. The summed E-state index contributed by atoms with van der Waals surface area (Å²) in [6, 6.07) is 5.08. The molecule has 0 aliphatic carbocycles. The van der Waals surface area contributed by atoms with Crippen molar-refractivity contribution in [2.75, 3.05) is 6.54 Å². The number of hydrogen-bond acceptors (Lipinski definition) is 2. The van der Waals surface area contributed by atoms with Crippen LogP contribution in [-0.2, 0) is 6.54 Å². The van der Waals surface area contributed by atoms with Crippen molar-refractivity contribution < 1.29 is 4.39 Å². The number of aromatic nitrogens is 2. The molecule has 0 amide bonds. The molecule has 2 rings (SSSR count). The molecule has 18 heavy (non-hydrogen) atoms. The molecule has 1 heterocycles. The Morgan fingerprint density at radius 2 is 2.11 bits per heavy atom. The molecule has 1 aromatic heterocycles. The molecule has 98 valence electrons. The van der Waals surface area contributed by atoms with E-state index in [2.05, 4.69) is 23.4 Å². The number of benzene rings is 1. The van der Waals surface area contributed by atoms with E-state index in [9.17, 15) is 4.39 Å². The highest BCUT2D eigenvalue weighted by atomic mass is 19.1. The van der Waals surface area contributed by atoms with Crippen LogP contribution in [0.25, 0.3) is 11.0 Å². The Bertz CT molecular complexity index is 545. The second-order valence-corrected chi connectivity index (χ2v) is 4.91. The summed E-state index contributed by atoms with van der Waals surface area (Å²) >= 11 is 0. The molecule has 0 spiro atoms. The van der Waals surface area contributed by atoms with Gasteiger partial charge in [-0.15, -0.1) is 0 Å². The minimum absolute atomic E-state index is 0.164. The first-order valence-electron chi connectivity index (χ1n) is 6.44. The molecule has 1 atom stereocenters. The van der Waals surface area contributed by atoms with Crippen LogP contribution in [0.3, 0.4) is 0 Å². The molecule has 2 N–H and O–H groups in total. The molecule has 0 fully saturated rings. The van der Waals surface area contributed by atoms with Crippen LogP contribution in [0.5, 0.6) is 0 Å². The maximum atomic E-state index is 13.8. The van der Waals surface area contributed by atoms with Gasteiger partial charge in [-0.2, -0.15) is 0 Å². The van der Waals surface area contributed by atoms with E-state index in [1.807, 2.05) is 13.0 Å². The molecule has 0 aliphatic heterocycles. The lowest BCUT2D eigenvalue weighted by atomic mass is 9.95. The highest BCUT2D eigenvalue weighted by Crippen LogP contribution is 2.27. The second-order valence-electron chi connectivity index (χ2n) is 4.91. The molecule has 0 aliphatic rings. The fraction of sp³-hybridized carbons (Fsp3) is 0.500. The first-order chi connectivity index (χ1) is 8.60. The van der Waals surface area contributed by atoms with E-state index < -0.39 is 0 Å². The number of nitrogens with two attached hydrogens (primary N) is 1. The van der Waals surface area contributed by atoms with Gasteiger partial charge in [0.15, 0.2) is 5.82 Å². The number of aryl methyl sites for hydroxylation is 1. The van der Waals surface area contributed by atoms with E-state index in [0.717, 1.165) is 17.9 Å². The summed E-state index contributed by atoms with van der Waals surface area (Å²) in [6.07, 6.45) is 0. The van der Waals surface area contributed by atoms with Gasteiger partial charge in [0, 0.05) is 19.0 Å². The third-order valence-corrected chi connectivity index (χ3v) is 3.47. The van der Waals surface area contributed by atoms with E-state index in [-0.39, 0.29) is 11.7 Å². The monoisotopic (exact) mass is 249 g/mol. The Balaban J connectivity index is 2.67. The molecule has 4 heteroatoms. The Kier molecular flexibility index (Phi) is 3.66. The van der Waals surface area contributed by atoms with Crippen LogP contribution in [0.4, 0.5) is 4.39 Å². The lowest BCUT2D eigenvalue weighted by molar-refractivity contribution is 0.466. The van der Waals surface area contributed by atoms with Crippen LogP contribution >= 0.6 is 0 Å². The topological polar surface area (TPSA) is 43.8 Å². The quantitative estimate of drug-likeness (QED) is 0.905. The largest absolute Gasteiger partial charge is 0.330 e. The van der Waals surface area contributed by atoms with Crippen LogP contribution in [0.2, 0.25) is 0 Å². The number of fused-ring (bicyclic) bond motifs is 1. The zero-order valence-electron chi connectivity index (χ0n) is 11.2. The summed E-state index contributed by atoms with van der Waals surface area (Å²) < 4.78 is 15.8. The number of halogens is 1. The number of imidazole rings is 1. The van der Waals surface area contributed by atoms with Crippen molar-refractivity contribution in [3.8, 4) is 0 Å². The molecule has 1 aromatic carbocycles. The molecular weight excluding hydrogens is 229 g/mol. The molecule has 0 saturated heterocycles. The van der Waals surface area contributed by atoms with Gasteiger partial charge in [-0.1, -0.05) is 19.9 Å². The average molecular weight is 249 g/mol. The highest BCUT2D eigenvalue weighted by Gasteiger charge is 2.22. The molecule has 0 radical (unpaired) electrons. The van der Waals surface area contributed by atoms with Gasteiger partial charge in [-0.3, -0.25) is 0 Å². The van der Waals surface area contributed by atoms with E-state index in [1.54, 1.807) is 6.07 Å². The van der Waals surface area contributed by atoms with Crippen LogP contribution < -0.4 is 5.73 Å². The Morgan fingerprint density at radius 3 is 2.67 bits per heavy atom. The van der Waals surface area contributed by atoms with Crippen LogP contribution in [0, 0.1) is 11.7 Å². The Labute approximate surface area is 107 Å². The molecule has 2 aromatic rings. The summed E-state index contributed by atoms with van der Waals surface area (Å²) in [5.74, 6) is 1.19. The summed E-state index contributed by atoms with van der Waals surface area (Å²) in [5.41, 5.74) is 7.15. The Hall–Kier alpha value is -1.42. The second kappa shape index (κ2) is 5.06. The predicted octanol–water partition coefficient (Wildman–Crippen LogP) is 2.89. The van der Waals surface area contributed by atoms with E-state index in [4.69, 9.17) is 5.73 Å². The summed E-state index contributed by atoms with van der Waals surface area (Å²) in [6.45, 7) is 7.59. The fourth-order valence-electron chi connectivity index (χ4n) is 2.42. The molecular formula is C14H20FN3. The number of hydrogen-bond donors (Lipinski definition) is 1. The SMILES string of the molecule is CCn1c(C(CN)C(C)C)nc2c(F)cccc21. The van der Waals surface area contributed by atoms with Gasteiger partial charge in [0.1, 0.15) is 11.3 Å². The lowest BCUT2D eigenvalue weighted by Crippen LogP contribution is -2.21. The van der Waals surface area contributed by atoms with Crippen molar-refractivity contribution in [1.29, 1.82) is 0 Å². The summed E-state index contributed by atoms with van der Waals surface area (Å²) in [7, 11) is 0. The van der Waals surface area contributed by atoms with Gasteiger partial charge in [0.25, 0.3) is 0 Å². The van der Waals surface area contributed by atoms with E-state index >= 15 is 0 Å². The average Bonchev–Trinajstić information content (AvgIpc) is 2.69. The summed E-state index contributed by atoms with van der Waals surface area (Å²) in [5, 5.41) is 0. The van der Waals surface area contributed by atoms with Crippen molar-refractivity contribution >= 4 is 11.0 Å². The lowest BCUT2D eigenvalue weighted by Gasteiger charge is -2.19. The van der Waals surface area contributed by atoms with Gasteiger partial charge in [-0.25, -0.2) is 9.37 Å². The van der Waals surface area contributed by atoms with Gasteiger partial charge in [0.2, 0.25) is 0 Å². The number of para-hydroxylation sites is 1. The molecule has 1 unspecified atom stereocenters. The van der Waals surface area contributed by atoms with Crippen molar-refractivity contribution in [2.45, 2.75) is 33.2 Å². The minimum atomic E-state index is -0.263. The molecule has 0 bridgehead atoms. The highest BCUT2D eigenvalue weighted by molar-refractivity contribution is 5.76. The first kappa shape index (κ1) is 13.0. The standard InChI is InChI=1S/C14H20FN3/c1-4-18-12-7-5-6-11(15)13(12)17-14(18)10(8-16)9(2)3/h5-7,9-10H,4,8,16H2,1-3H3. The smallest absolute Gasteiger partial charge is 0.151 e. The van der Waals surface area contributed by atoms with Crippen LogP contribution in [0.15, 0.2) is 18.2 Å². The van der Waals surface area contributed by atoms with Crippen LogP contribution in [-0.4, -0.2) is 16.1 Å². The normalized spacial score (nSPS) is 13.4. The molecule has 3 nitrogen and oxygen atoms in total. The van der Waals surface area contributed by atoms with Crippen LogP contribution in [0.1, 0.15) is 32.5 Å². The molecule has 0 saturated carbocycles. The van der Waals surface area contributed by atoms with Crippen molar-refractivity contribution in [3.05, 3.63) is 29.8 Å². The van der Waals surface area contributed by atoms with E-state index in [1.165, 1.54) is 6.07 Å². The third kappa shape index (κ3) is 2.01. The minimum Gasteiger partial charge on any atom is -0.330 e. The fourth-order valence-corrected chi connectivity index (χ4v) is 2.42. The van der Waals surface area contributed by atoms with Gasteiger partial charge in [0.05, 0.1) is 5.52 Å². The summed E-state index contributed by atoms with van der Waals surface area (Å²) in [4.78, 5) is 4.48. The van der Waals surface area contributed by atoms with E-state index in [0.29, 0.717) is 18.0 Å².